The van der Waals surface area contributed by atoms with E-state index in [2.05, 4.69) is 0 Å². The second-order valence-corrected chi connectivity index (χ2v) is 7.85. The first-order chi connectivity index (χ1) is 16.3. The van der Waals surface area contributed by atoms with Crippen molar-refractivity contribution in [3.05, 3.63) is 101 Å². The number of carbonyl (C=O) groups excluding carboxylic acids is 2. The van der Waals surface area contributed by atoms with Crippen molar-refractivity contribution in [2.45, 2.75) is 26.1 Å². The van der Waals surface area contributed by atoms with E-state index in [1.807, 2.05) is 60.7 Å². The summed E-state index contributed by atoms with van der Waals surface area (Å²) in [5.74, 6) is 0.414. The molecule has 182 valence electrons. The zero-order valence-electron chi connectivity index (χ0n) is 18.9. The first-order valence-electron chi connectivity index (χ1n) is 10.3. The van der Waals surface area contributed by atoms with Gasteiger partial charge in [-0.3, -0.25) is 9.59 Å². The van der Waals surface area contributed by atoms with Crippen LogP contribution in [0.25, 0.3) is 0 Å². The topological polar surface area (TPSA) is 72.8 Å². The highest BCUT2D eigenvalue weighted by molar-refractivity contribution is 6.30. The molecule has 0 aliphatic rings. The largest absolute Gasteiger partial charge is 0.456 e. The van der Waals surface area contributed by atoms with E-state index < -0.39 is 6.10 Å². The fourth-order valence-electron chi connectivity index (χ4n) is 2.49. The molecule has 0 aromatic heterocycles. The molecule has 34 heavy (non-hydrogen) atoms. The number of hydrogen-bond acceptors (Lipinski definition) is 5. The Morgan fingerprint density at radius 2 is 1.26 bits per heavy atom. The van der Waals surface area contributed by atoms with Gasteiger partial charge in [0.1, 0.15) is 11.9 Å². The van der Waals surface area contributed by atoms with Crippen LogP contribution in [0.1, 0.15) is 37.2 Å². The fourth-order valence-corrected chi connectivity index (χ4v) is 3.03. The molecule has 1 unspecified atom stereocenters. The van der Waals surface area contributed by atoms with Crippen LogP contribution in [0.5, 0.6) is 5.75 Å². The molecular weight excluding hydrogens is 499 g/mol. The van der Waals surface area contributed by atoms with Gasteiger partial charge in [-0.25, -0.2) is 0 Å². The van der Waals surface area contributed by atoms with Crippen molar-refractivity contribution < 1.29 is 24.2 Å². The molecule has 5 nitrogen and oxygen atoms in total. The maximum atomic E-state index is 10.7. The van der Waals surface area contributed by atoms with Crippen molar-refractivity contribution in [3.63, 3.8) is 0 Å². The van der Waals surface area contributed by atoms with Gasteiger partial charge in [-0.05, 0) is 35.4 Å². The Balaban J connectivity index is 0.000000257. The summed E-state index contributed by atoms with van der Waals surface area (Å²) in [5, 5.41) is 9.82. The standard InChI is InChI=1S/C10H11ClO2.C8H7ClO2.C8H9ClO/c1-8(12)13-10(7-11)9-5-3-2-4-6-9;1-6(10)11-8-4-2-7(9)3-5-8;9-6-8(10)7-4-2-1-3-5-7/h2-6,10H,7H2,1H3;2-5H,1H3;1-5,8,10H,6H2/t10-;;/m1../s1. The Bertz CT molecular complexity index is 967. The van der Waals surface area contributed by atoms with E-state index in [1.54, 1.807) is 24.3 Å². The van der Waals surface area contributed by atoms with Gasteiger partial charge in [-0.15, -0.1) is 23.2 Å². The number of carbonyl (C=O) groups is 2. The van der Waals surface area contributed by atoms with Crippen molar-refractivity contribution in [1.29, 1.82) is 0 Å². The molecule has 0 saturated carbocycles. The number of alkyl halides is 2. The Hall–Kier alpha value is -2.57. The normalized spacial score (nSPS) is 11.5. The molecule has 0 aliphatic heterocycles. The van der Waals surface area contributed by atoms with Crippen LogP contribution < -0.4 is 4.74 Å². The third kappa shape index (κ3) is 12.6. The molecule has 3 rings (SSSR count). The molecule has 0 amide bonds. The van der Waals surface area contributed by atoms with Crippen molar-refractivity contribution >= 4 is 46.7 Å². The lowest BCUT2D eigenvalue weighted by Gasteiger charge is -2.13. The van der Waals surface area contributed by atoms with Crippen LogP contribution in [0.2, 0.25) is 5.02 Å². The molecule has 0 aliphatic carbocycles. The van der Waals surface area contributed by atoms with Gasteiger partial charge in [-0.1, -0.05) is 72.3 Å². The SMILES string of the molecule is CC(=O)O[C@H](CCl)c1ccccc1.CC(=O)Oc1ccc(Cl)cc1.OC(CCl)c1ccccc1. The van der Waals surface area contributed by atoms with Crippen LogP contribution in [0.3, 0.4) is 0 Å². The molecule has 2 atom stereocenters. The minimum Gasteiger partial charge on any atom is -0.456 e. The number of rotatable bonds is 6. The highest BCUT2D eigenvalue weighted by Crippen LogP contribution is 2.18. The highest BCUT2D eigenvalue weighted by Gasteiger charge is 2.12. The molecule has 0 fully saturated rings. The smallest absolute Gasteiger partial charge is 0.308 e. The average molecular weight is 526 g/mol. The third-order valence-corrected chi connectivity index (χ3v) is 4.85. The van der Waals surface area contributed by atoms with Crippen LogP contribution in [-0.4, -0.2) is 28.8 Å². The van der Waals surface area contributed by atoms with Crippen LogP contribution >= 0.6 is 34.8 Å². The molecule has 0 radical (unpaired) electrons. The maximum absolute atomic E-state index is 10.7. The molecule has 1 N–H and O–H groups in total. The van der Waals surface area contributed by atoms with Crippen LogP contribution in [0, 0.1) is 0 Å². The van der Waals surface area contributed by atoms with Crippen molar-refractivity contribution in [1.82, 2.24) is 0 Å². The van der Waals surface area contributed by atoms with Gasteiger partial charge in [0, 0.05) is 18.9 Å². The van der Waals surface area contributed by atoms with E-state index in [1.165, 1.54) is 13.8 Å². The summed E-state index contributed by atoms with van der Waals surface area (Å²) >= 11 is 16.7. The molecule has 0 heterocycles. The summed E-state index contributed by atoms with van der Waals surface area (Å²) < 4.78 is 9.79. The Morgan fingerprint density at radius 1 is 0.765 bits per heavy atom. The van der Waals surface area contributed by atoms with Crippen LogP contribution in [-0.2, 0) is 14.3 Å². The van der Waals surface area contributed by atoms with Crippen LogP contribution in [0.4, 0.5) is 0 Å². The van der Waals surface area contributed by atoms with Gasteiger partial charge >= 0.3 is 11.9 Å². The van der Waals surface area contributed by atoms with Gasteiger partial charge in [0.2, 0.25) is 0 Å². The van der Waals surface area contributed by atoms with E-state index in [0.717, 1.165) is 11.1 Å². The van der Waals surface area contributed by atoms with Gasteiger partial charge in [0.05, 0.1) is 17.9 Å². The average Bonchev–Trinajstić information content (AvgIpc) is 2.85. The number of aliphatic hydroxyl groups excluding tert-OH is 1. The molecule has 3 aromatic rings. The zero-order chi connectivity index (χ0) is 25.3. The molecule has 3 aromatic carbocycles. The fraction of sp³-hybridized carbons (Fsp3) is 0.231. The summed E-state index contributed by atoms with van der Waals surface area (Å²) in [6.45, 7) is 2.73. The highest BCUT2D eigenvalue weighted by atomic mass is 35.5. The van der Waals surface area contributed by atoms with Gasteiger partial charge < -0.3 is 14.6 Å². The summed E-state index contributed by atoms with van der Waals surface area (Å²) in [6.07, 6.45) is -0.858. The Kier molecular flexibility index (Phi) is 14.7. The van der Waals surface area contributed by atoms with Gasteiger partial charge in [0.15, 0.2) is 0 Å². The van der Waals surface area contributed by atoms with E-state index in [0.29, 0.717) is 10.8 Å². The second kappa shape index (κ2) is 17.0. The Morgan fingerprint density at radius 3 is 1.68 bits per heavy atom. The van der Waals surface area contributed by atoms with Crippen molar-refractivity contribution in [3.8, 4) is 5.75 Å². The maximum Gasteiger partial charge on any atom is 0.308 e. The predicted molar refractivity (Wildman–Crippen MR) is 137 cm³/mol. The summed E-state index contributed by atoms with van der Waals surface area (Å²) in [4.78, 5) is 21.1. The first-order valence-corrected chi connectivity index (χ1v) is 11.7. The van der Waals surface area contributed by atoms with Gasteiger partial charge in [0.25, 0.3) is 0 Å². The molecule has 0 spiro atoms. The summed E-state index contributed by atoms with van der Waals surface area (Å²) in [5.41, 5.74) is 1.80. The van der Waals surface area contributed by atoms with E-state index in [4.69, 9.17) is 44.3 Å². The van der Waals surface area contributed by atoms with E-state index in [-0.39, 0.29) is 29.8 Å². The first kappa shape index (κ1) is 29.5. The summed E-state index contributed by atoms with van der Waals surface area (Å²) in [6, 6.07) is 25.4. The molecule has 0 bridgehead atoms. The predicted octanol–water partition coefficient (Wildman–Crippen LogP) is 6.75. The van der Waals surface area contributed by atoms with Gasteiger partial charge in [-0.2, -0.15) is 0 Å². The molecular formula is C26H27Cl3O5. The zero-order valence-corrected chi connectivity index (χ0v) is 21.1. The lowest BCUT2D eigenvalue weighted by Crippen LogP contribution is -2.09. The number of aliphatic hydroxyl groups is 1. The number of benzene rings is 3. The second-order valence-electron chi connectivity index (χ2n) is 6.79. The quantitative estimate of drug-likeness (QED) is 0.219. The monoisotopic (exact) mass is 524 g/mol. The number of halogens is 3. The minimum absolute atomic E-state index is 0.254. The molecule has 8 heteroatoms. The number of esters is 2. The van der Waals surface area contributed by atoms with E-state index in [9.17, 15) is 14.7 Å². The summed E-state index contributed by atoms with van der Waals surface area (Å²) in [7, 11) is 0. The lowest BCUT2D eigenvalue weighted by molar-refractivity contribution is -0.145. The van der Waals surface area contributed by atoms with Crippen LogP contribution in [0.15, 0.2) is 84.9 Å². The van der Waals surface area contributed by atoms with E-state index >= 15 is 0 Å². The number of ether oxygens (including phenoxy) is 2. The lowest BCUT2D eigenvalue weighted by atomic mass is 10.1. The Labute approximate surface area is 215 Å². The van der Waals surface area contributed by atoms with Crippen molar-refractivity contribution in [2.75, 3.05) is 11.8 Å². The number of hydrogen-bond donors (Lipinski definition) is 1. The molecule has 0 saturated heterocycles. The van der Waals surface area contributed by atoms with Crippen molar-refractivity contribution in [2.24, 2.45) is 0 Å². The minimum atomic E-state index is -0.525. The third-order valence-electron chi connectivity index (χ3n) is 4.03.